The van der Waals surface area contributed by atoms with E-state index in [0.29, 0.717) is 6.61 Å². The van der Waals surface area contributed by atoms with Gasteiger partial charge in [0.05, 0.1) is 6.61 Å². The van der Waals surface area contributed by atoms with E-state index in [1.807, 2.05) is 24.3 Å². The van der Waals surface area contributed by atoms with E-state index in [2.05, 4.69) is 12.2 Å². The largest absolute Gasteiger partial charge is 0.494 e. The second-order valence-corrected chi connectivity index (χ2v) is 7.02. The Kier molecular flexibility index (Phi) is 7.70. The summed E-state index contributed by atoms with van der Waals surface area (Å²) >= 11 is 0. The van der Waals surface area contributed by atoms with Crippen LogP contribution in [0.1, 0.15) is 59.3 Å². The van der Waals surface area contributed by atoms with Crippen molar-refractivity contribution in [1.82, 2.24) is 0 Å². The molecule has 1 fully saturated rings. The molecule has 0 bridgehead atoms. The Hall–Kier alpha value is -2.50. The van der Waals surface area contributed by atoms with Gasteiger partial charge in [-0.3, -0.25) is 0 Å². The summed E-state index contributed by atoms with van der Waals surface area (Å²) in [5.74, 6) is -1.86. The summed E-state index contributed by atoms with van der Waals surface area (Å²) in [6.45, 7) is 5.94. The monoisotopic (exact) mass is 375 g/mol. The second-order valence-electron chi connectivity index (χ2n) is 7.02. The lowest BCUT2D eigenvalue weighted by Crippen LogP contribution is -2.42. The molecule has 6 heteroatoms. The van der Waals surface area contributed by atoms with Gasteiger partial charge in [-0.05, 0) is 30.7 Å². The zero-order valence-corrected chi connectivity index (χ0v) is 16.4. The Balaban J connectivity index is 1.77. The minimum atomic E-state index is -1.24. The van der Waals surface area contributed by atoms with Gasteiger partial charge in [0, 0.05) is 25.7 Å². The van der Waals surface area contributed by atoms with Gasteiger partial charge >= 0.3 is 11.9 Å². The van der Waals surface area contributed by atoms with Crippen molar-refractivity contribution in [3.05, 3.63) is 36.0 Å². The maximum atomic E-state index is 11.9. The van der Waals surface area contributed by atoms with Crippen LogP contribution in [0.4, 0.5) is 5.69 Å². The van der Waals surface area contributed by atoms with Crippen LogP contribution >= 0.6 is 0 Å². The molecular formula is C21H29NO5. The molecular weight excluding hydrogens is 346 g/mol. The molecule has 27 heavy (non-hydrogen) atoms. The van der Waals surface area contributed by atoms with Crippen molar-refractivity contribution in [2.24, 2.45) is 0 Å². The van der Waals surface area contributed by atoms with Gasteiger partial charge < -0.3 is 19.5 Å². The number of esters is 2. The molecule has 0 amide bonds. The standard InChI is InChI=1S/C21H29NO5/c1-4-5-6-7-8-9-14-25-17-12-10-16(11-13-17)22-15-18-19(23)26-21(2,3)27-20(18)24/h10-13,15,22H,4-9,14H2,1-3H3. The molecule has 148 valence electrons. The number of hydrogen-bond acceptors (Lipinski definition) is 6. The van der Waals surface area contributed by atoms with E-state index in [0.717, 1.165) is 17.9 Å². The summed E-state index contributed by atoms with van der Waals surface area (Å²) in [7, 11) is 0. The summed E-state index contributed by atoms with van der Waals surface area (Å²) in [6, 6.07) is 7.32. The van der Waals surface area contributed by atoms with Gasteiger partial charge in [-0.2, -0.15) is 0 Å². The molecule has 1 N–H and O–H groups in total. The molecule has 1 aromatic carbocycles. The average molecular weight is 375 g/mol. The molecule has 1 saturated heterocycles. The molecule has 0 atom stereocenters. The number of benzene rings is 1. The first kappa shape index (κ1) is 20.8. The Morgan fingerprint density at radius 1 is 0.963 bits per heavy atom. The predicted molar refractivity (Wildman–Crippen MR) is 103 cm³/mol. The van der Waals surface area contributed by atoms with E-state index < -0.39 is 17.7 Å². The maximum Gasteiger partial charge on any atom is 0.350 e. The molecule has 1 aliphatic heterocycles. The van der Waals surface area contributed by atoms with Crippen LogP contribution in [0.15, 0.2) is 36.0 Å². The number of rotatable bonds is 10. The zero-order chi connectivity index (χ0) is 19.7. The fourth-order valence-corrected chi connectivity index (χ4v) is 2.65. The normalized spacial score (nSPS) is 15.7. The topological polar surface area (TPSA) is 73.9 Å². The van der Waals surface area contributed by atoms with E-state index in [-0.39, 0.29) is 5.57 Å². The number of hydrogen-bond donors (Lipinski definition) is 1. The van der Waals surface area contributed by atoms with Gasteiger partial charge in [-0.25, -0.2) is 9.59 Å². The Morgan fingerprint density at radius 3 is 2.19 bits per heavy atom. The summed E-state index contributed by atoms with van der Waals surface area (Å²) in [6.07, 6.45) is 8.66. The summed E-state index contributed by atoms with van der Waals surface area (Å²) < 4.78 is 15.8. The van der Waals surface area contributed by atoms with Crippen LogP contribution < -0.4 is 10.1 Å². The van der Waals surface area contributed by atoms with Crippen molar-refractivity contribution in [1.29, 1.82) is 0 Å². The summed E-state index contributed by atoms with van der Waals surface area (Å²) in [5.41, 5.74) is 0.553. The minimum Gasteiger partial charge on any atom is -0.494 e. The molecule has 0 aliphatic carbocycles. The highest BCUT2D eigenvalue weighted by Crippen LogP contribution is 2.23. The first-order valence-corrected chi connectivity index (χ1v) is 9.57. The first-order chi connectivity index (χ1) is 12.9. The fourth-order valence-electron chi connectivity index (χ4n) is 2.65. The van der Waals surface area contributed by atoms with E-state index >= 15 is 0 Å². The number of nitrogens with one attached hydrogen (secondary N) is 1. The van der Waals surface area contributed by atoms with Gasteiger partial charge in [0.1, 0.15) is 5.75 Å². The van der Waals surface area contributed by atoms with Crippen molar-refractivity contribution in [3.8, 4) is 5.75 Å². The second kappa shape index (κ2) is 10.00. The van der Waals surface area contributed by atoms with Crippen molar-refractivity contribution in [2.45, 2.75) is 65.1 Å². The van der Waals surface area contributed by atoms with E-state index in [4.69, 9.17) is 14.2 Å². The van der Waals surface area contributed by atoms with E-state index in [1.54, 1.807) is 0 Å². The Labute approximate surface area is 160 Å². The average Bonchev–Trinajstić information content (AvgIpc) is 2.60. The quantitative estimate of drug-likeness (QED) is 0.280. The number of carbonyl (C=O) groups is 2. The molecule has 0 spiro atoms. The molecule has 0 aromatic heterocycles. The number of unbranched alkanes of at least 4 members (excludes halogenated alkanes) is 5. The van der Waals surface area contributed by atoms with Crippen LogP contribution in [0, 0.1) is 0 Å². The Morgan fingerprint density at radius 2 is 1.56 bits per heavy atom. The van der Waals surface area contributed by atoms with Crippen LogP contribution in [0.2, 0.25) is 0 Å². The van der Waals surface area contributed by atoms with Crippen molar-refractivity contribution < 1.29 is 23.8 Å². The molecule has 6 nitrogen and oxygen atoms in total. The summed E-state index contributed by atoms with van der Waals surface area (Å²) in [5, 5.41) is 2.91. The summed E-state index contributed by atoms with van der Waals surface area (Å²) in [4.78, 5) is 23.7. The van der Waals surface area contributed by atoms with Crippen LogP contribution in [0.3, 0.4) is 0 Å². The van der Waals surface area contributed by atoms with Gasteiger partial charge in [-0.15, -0.1) is 0 Å². The highest BCUT2D eigenvalue weighted by Gasteiger charge is 2.38. The smallest absolute Gasteiger partial charge is 0.350 e. The third-order valence-corrected chi connectivity index (χ3v) is 4.12. The fraction of sp³-hybridized carbons (Fsp3) is 0.524. The molecule has 1 aliphatic rings. The number of cyclic esters (lactones) is 2. The molecule has 0 unspecified atom stereocenters. The maximum absolute atomic E-state index is 11.9. The van der Waals surface area contributed by atoms with E-state index in [9.17, 15) is 9.59 Å². The molecule has 1 aromatic rings. The van der Waals surface area contributed by atoms with Gasteiger partial charge in [0.2, 0.25) is 0 Å². The van der Waals surface area contributed by atoms with Gasteiger partial charge in [0.25, 0.3) is 5.79 Å². The van der Waals surface area contributed by atoms with Crippen LogP contribution in [-0.4, -0.2) is 24.3 Å². The van der Waals surface area contributed by atoms with E-state index in [1.165, 1.54) is 52.2 Å². The number of anilines is 1. The molecule has 1 heterocycles. The third-order valence-electron chi connectivity index (χ3n) is 4.12. The minimum absolute atomic E-state index is 0.169. The Bertz CT molecular complexity index is 642. The lowest BCUT2D eigenvalue weighted by molar-refractivity contribution is -0.222. The first-order valence-electron chi connectivity index (χ1n) is 9.57. The van der Waals surface area contributed by atoms with Crippen LogP contribution in [0.5, 0.6) is 5.75 Å². The molecule has 0 radical (unpaired) electrons. The van der Waals surface area contributed by atoms with Crippen molar-refractivity contribution in [2.75, 3.05) is 11.9 Å². The highest BCUT2D eigenvalue weighted by atomic mass is 16.7. The number of carbonyl (C=O) groups excluding carboxylic acids is 2. The van der Waals surface area contributed by atoms with Crippen LogP contribution in [0.25, 0.3) is 0 Å². The zero-order valence-electron chi connectivity index (χ0n) is 16.4. The lowest BCUT2D eigenvalue weighted by Gasteiger charge is -2.29. The molecule has 0 saturated carbocycles. The van der Waals surface area contributed by atoms with Crippen LogP contribution in [-0.2, 0) is 19.1 Å². The SMILES string of the molecule is CCCCCCCCOc1ccc(NC=C2C(=O)OC(C)(C)OC2=O)cc1. The highest BCUT2D eigenvalue weighted by molar-refractivity contribution is 6.15. The lowest BCUT2D eigenvalue weighted by atomic mass is 10.1. The number of ether oxygens (including phenoxy) is 3. The third kappa shape index (κ3) is 6.96. The van der Waals surface area contributed by atoms with Crippen molar-refractivity contribution >= 4 is 17.6 Å². The predicted octanol–water partition coefficient (Wildman–Crippen LogP) is 4.56. The van der Waals surface area contributed by atoms with Gasteiger partial charge in [-0.1, -0.05) is 39.0 Å². The van der Waals surface area contributed by atoms with Crippen molar-refractivity contribution in [3.63, 3.8) is 0 Å². The molecule has 2 rings (SSSR count). The van der Waals surface area contributed by atoms with Gasteiger partial charge in [0.15, 0.2) is 5.57 Å².